The van der Waals surface area contributed by atoms with Gasteiger partial charge in [0.2, 0.25) is 5.95 Å². The van der Waals surface area contributed by atoms with Crippen LogP contribution in [0, 0.1) is 0 Å². The Labute approximate surface area is 127 Å². The number of aromatic nitrogens is 2. The standard InChI is InChI=1S/C16H17N3OS/c1-2-3-5-12-14(11-7-9-21-10-11)18-16(17)19-15(12)13-6-4-8-20-13/h4,6-10H,2-3,5H2,1H3,(H2,17,18,19). The van der Waals surface area contributed by atoms with Gasteiger partial charge in [-0.15, -0.1) is 0 Å². The van der Waals surface area contributed by atoms with Crippen LogP contribution in [0.4, 0.5) is 5.95 Å². The van der Waals surface area contributed by atoms with Crippen LogP contribution in [0.25, 0.3) is 22.7 Å². The average molecular weight is 299 g/mol. The smallest absolute Gasteiger partial charge is 0.221 e. The number of nitrogens with zero attached hydrogens (tertiary/aromatic N) is 2. The molecule has 0 aliphatic carbocycles. The van der Waals surface area contributed by atoms with Crippen molar-refractivity contribution in [3.63, 3.8) is 0 Å². The van der Waals surface area contributed by atoms with E-state index in [1.807, 2.05) is 17.5 Å². The summed E-state index contributed by atoms with van der Waals surface area (Å²) in [5.41, 5.74) is 9.84. The number of rotatable bonds is 5. The quantitative estimate of drug-likeness (QED) is 0.758. The van der Waals surface area contributed by atoms with Gasteiger partial charge >= 0.3 is 0 Å². The minimum Gasteiger partial charge on any atom is -0.463 e. The Bertz CT molecular complexity index is 650. The molecule has 3 aromatic rings. The van der Waals surface area contributed by atoms with Crippen molar-refractivity contribution in [2.45, 2.75) is 26.2 Å². The van der Waals surface area contributed by atoms with Gasteiger partial charge in [0.25, 0.3) is 0 Å². The molecule has 0 aliphatic rings. The lowest BCUT2D eigenvalue weighted by Gasteiger charge is -2.12. The lowest BCUT2D eigenvalue weighted by Crippen LogP contribution is -2.04. The third-order valence-electron chi connectivity index (χ3n) is 3.35. The molecule has 4 nitrogen and oxygen atoms in total. The normalized spacial score (nSPS) is 10.9. The molecule has 108 valence electrons. The molecule has 21 heavy (non-hydrogen) atoms. The number of nitrogens with two attached hydrogens (primary N) is 1. The van der Waals surface area contributed by atoms with Gasteiger partial charge in [0.05, 0.1) is 12.0 Å². The van der Waals surface area contributed by atoms with Gasteiger partial charge in [0.1, 0.15) is 5.69 Å². The lowest BCUT2D eigenvalue weighted by molar-refractivity contribution is 0.578. The van der Waals surface area contributed by atoms with E-state index in [1.165, 1.54) is 0 Å². The Morgan fingerprint density at radius 3 is 2.76 bits per heavy atom. The molecule has 0 bridgehead atoms. The molecule has 2 N–H and O–H groups in total. The van der Waals surface area contributed by atoms with Gasteiger partial charge in [0, 0.05) is 16.5 Å². The van der Waals surface area contributed by atoms with E-state index in [0.717, 1.165) is 47.5 Å². The largest absolute Gasteiger partial charge is 0.463 e. The predicted molar refractivity (Wildman–Crippen MR) is 86.1 cm³/mol. The van der Waals surface area contributed by atoms with Crippen molar-refractivity contribution in [1.82, 2.24) is 9.97 Å². The number of unbranched alkanes of at least 4 members (excludes halogenated alkanes) is 1. The van der Waals surface area contributed by atoms with Crippen molar-refractivity contribution >= 4 is 17.3 Å². The lowest BCUT2D eigenvalue weighted by atomic mass is 10.00. The second-order valence-electron chi connectivity index (χ2n) is 4.85. The molecule has 0 atom stereocenters. The number of furan rings is 1. The maximum Gasteiger partial charge on any atom is 0.221 e. The summed E-state index contributed by atoms with van der Waals surface area (Å²) < 4.78 is 5.52. The second kappa shape index (κ2) is 6.10. The van der Waals surface area contributed by atoms with Crippen LogP contribution in [-0.4, -0.2) is 9.97 Å². The van der Waals surface area contributed by atoms with Gasteiger partial charge in [-0.2, -0.15) is 11.3 Å². The van der Waals surface area contributed by atoms with E-state index in [0.29, 0.717) is 0 Å². The fraction of sp³-hybridized carbons (Fsp3) is 0.250. The first kappa shape index (κ1) is 13.8. The second-order valence-corrected chi connectivity index (χ2v) is 5.63. The number of thiophene rings is 1. The maximum absolute atomic E-state index is 5.91. The number of hydrogen-bond acceptors (Lipinski definition) is 5. The Kier molecular flexibility index (Phi) is 4.01. The zero-order chi connectivity index (χ0) is 14.7. The zero-order valence-electron chi connectivity index (χ0n) is 11.9. The average Bonchev–Trinajstić information content (AvgIpc) is 3.18. The third-order valence-corrected chi connectivity index (χ3v) is 4.04. The summed E-state index contributed by atoms with van der Waals surface area (Å²) in [5.74, 6) is 1.02. The van der Waals surface area contributed by atoms with E-state index in [2.05, 4.69) is 28.3 Å². The summed E-state index contributed by atoms with van der Waals surface area (Å²) in [6, 6.07) is 5.84. The number of anilines is 1. The van der Waals surface area contributed by atoms with Crippen LogP contribution < -0.4 is 5.73 Å². The minimum atomic E-state index is 0.280. The van der Waals surface area contributed by atoms with Gasteiger partial charge < -0.3 is 10.2 Å². The van der Waals surface area contributed by atoms with Gasteiger partial charge in [-0.1, -0.05) is 13.3 Å². The van der Waals surface area contributed by atoms with E-state index >= 15 is 0 Å². The number of nitrogen functional groups attached to an aromatic ring is 1. The van der Waals surface area contributed by atoms with E-state index in [1.54, 1.807) is 17.6 Å². The highest BCUT2D eigenvalue weighted by atomic mass is 32.1. The first-order chi connectivity index (χ1) is 10.3. The van der Waals surface area contributed by atoms with Crippen LogP contribution in [0.15, 0.2) is 39.6 Å². The first-order valence-electron chi connectivity index (χ1n) is 7.02. The van der Waals surface area contributed by atoms with Crippen molar-refractivity contribution < 1.29 is 4.42 Å². The fourth-order valence-corrected chi connectivity index (χ4v) is 2.99. The van der Waals surface area contributed by atoms with Crippen LogP contribution >= 0.6 is 11.3 Å². The molecule has 5 heteroatoms. The molecule has 3 heterocycles. The summed E-state index contributed by atoms with van der Waals surface area (Å²) in [4.78, 5) is 8.89. The van der Waals surface area contributed by atoms with Crippen LogP contribution in [0.3, 0.4) is 0 Å². The Hall–Kier alpha value is -2.14. The third kappa shape index (κ3) is 2.83. The molecular weight excluding hydrogens is 282 g/mol. The van der Waals surface area contributed by atoms with Gasteiger partial charge in [-0.05, 0) is 36.4 Å². The molecule has 3 rings (SSSR count). The Morgan fingerprint density at radius 1 is 1.24 bits per heavy atom. The number of hydrogen-bond donors (Lipinski definition) is 1. The summed E-state index contributed by atoms with van der Waals surface area (Å²) in [6.45, 7) is 2.18. The van der Waals surface area contributed by atoms with Crippen molar-refractivity contribution in [2.24, 2.45) is 0 Å². The maximum atomic E-state index is 5.91. The summed E-state index contributed by atoms with van der Waals surface area (Å²) in [6.07, 6.45) is 4.77. The predicted octanol–water partition coefficient (Wildman–Crippen LogP) is 4.39. The topological polar surface area (TPSA) is 64.9 Å². The van der Waals surface area contributed by atoms with Crippen molar-refractivity contribution in [2.75, 3.05) is 5.73 Å². The van der Waals surface area contributed by atoms with Crippen molar-refractivity contribution in [1.29, 1.82) is 0 Å². The summed E-state index contributed by atoms with van der Waals surface area (Å²) in [5, 5.41) is 4.13. The molecular formula is C16H17N3OS. The molecule has 0 amide bonds. The van der Waals surface area contributed by atoms with Crippen LogP contribution in [-0.2, 0) is 6.42 Å². The van der Waals surface area contributed by atoms with Crippen LogP contribution in [0.5, 0.6) is 0 Å². The fourth-order valence-electron chi connectivity index (χ4n) is 2.35. The highest BCUT2D eigenvalue weighted by Gasteiger charge is 2.18. The van der Waals surface area contributed by atoms with Crippen LogP contribution in [0.1, 0.15) is 25.3 Å². The highest BCUT2D eigenvalue weighted by Crippen LogP contribution is 2.32. The molecule has 3 aromatic heterocycles. The molecule has 0 saturated carbocycles. The Balaban J connectivity index is 2.18. The SMILES string of the molecule is CCCCc1c(-c2ccsc2)nc(N)nc1-c1ccco1. The zero-order valence-corrected chi connectivity index (χ0v) is 12.7. The minimum absolute atomic E-state index is 0.280. The molecule has 0 aromatic carbocycles. The molecule has 0 radical (unpaired) electrons. The van der Waals surface area contributed by atoms with E-state index in [-0.39, 0.29) is 5.95 Å². The van der Waals surface area contributed by atoms with Crippen LogP contribution in [0.2, 0.25) is 0 Å². The first-order valence-corrected chi connectivity index (χ1v) is 7.96. The molecule has 0 aliphatic heterocycles. The summed E-state index contributed by atoms with van der Waals surface area (Å²) >= 11 is 1.65. The van der Waals surface area contributed by atoms with Crippen molar-refractivity contribution in [3.8, 4) is 22.7 Å². The van der Waals surface area contributed by atoms with Gasteiger partial charge in [-0.25, -0.2) is 9.97 Å². The Morgan fingerprint density at radius 2 is 2.10 bits per heavy atom. The monoisotopic (exact) mass is 299 g/mol. The molecule has 0 unspecified atom stereocenters. The van der Waals surface area contributed by atoms with Gasteiger partial charge in [-0.3, -0.25) is 0 Å². The van der Waals surface area contributed by atoms with Crippen molar-refractivity contribution in [3.05, 3.63) is 40.8 Å². The molecule has 0 fully saturated rings. The summed E-state index contributed by atoms with van der Waals surface area (Å²) in [7, 11) is 0. The van der Waals surface area contributed by atoms with E-state index < -0.39 is 0 Å². The van der Waals surface area contributed by atoms with Gasteiger partial charge in [0.15, 0.2) is 5.76 Å². The van der Waals surface area contributed by atoms with E-state index in [4.69, 9.17) is 10.2 Å². The molecule has 0 saturated heterocycles. The molecule has 0 spiro atoms. The highest BCUT2D eigenvalue weighted by molar-refractivity contribution is 7.08. The van der Waals surface area contributed by atoms with E-state index in [9.17, 15) is 0 Å².